The van der Waals surface area contributed by atoms with Gasteiger partial charge in [0.15, 0.2) is 5.75 Å². The van der Waals surface area contributed by atoms with E-state index in [1.807, 2.05) is 0 Å². The van der Waals surface area contributed by atoms with Gasteiger partial charge in [-0.3, -0.25) is 14.9 Å². The lowest BCUT2D eigenvalue weighted by molar-refractivity contribution is -0.385. The molecule has 1 amide bonds. The third kappa shape index (κ3) is 2.69. The van der Waals surface area contributed by atoms with E-state index in [2.05, 4.69) is 5.32 Å². The average Bonchev–Trinajstić information content (AvgIpc) is 2.45. The molecule has 7 heteroatoms. The van der Waals surface area contributed by atoms with E-state index in [4.69, 9.17) is 0 Å². The highest BCUT2D eigenvalue weighted by molar-refractivity contribution is 5.95. The van der Waals surface area contributed by atoms with Crippen LogP contribution in [0.2, 0.25) is 0 Å². The molecule has 0 saturated carbocycles. The predicted octanol–water partition coefficient (Wildman–Crippen LogP) is 1.27. The maximum atomic E-state index is 12.5. The van der Waals surface area contributed by atoms with Crippen LogP contribution in [0.25, 0.3) is 0 Å². The first-order chi connectivity index (χ1) is 10.0. The molecule has 3 rings (SSSR count). The summed E-state index contributed by atoms with van der Waals surface area (Å²) in [5.41, 5.74) is -0.0956. The molecular formula is C14H17N3O4. The molecule has 2 heterocycles. The molecule has 0 aromatic heterocycles. The third-order valence-electron chi connectivity index (χ3n) is 4.16. The third-order valence-corrected chi connectivity index (χ3v) is 4.16. The van der Waals surface area contributed by atoms with Crippen molar-refractivity contribution in [3.05, 3.63) is 33.9 Å². The maximum Gasteiger partial charge on any atom is 0.310 e. The van der Waals surface area contributed by atoms with Crippen LogP contribution in [-0.2, 0) is 0 Å². The Hall–Kier alpha value is -2.15. The number of nitrogens with zero attached hydrogens (tertiary/aromatic N) is 2. The number of aromatic hydroxyl groups is 1. The van der Waals surface area contributed by atoms with Gasteiger partial charge in [0.25, 0.3) is 5.91 Å². The van der Waals surface area contributed by atoms with Crippen LogP contribution in [0.5, 0.6) is 5.75 Å². The summed E-state index contributed by atoms with van der Waals surface area (Å²) in [5, 5.41) is 23.8. The zero-order chi connectivity index (χ0) is 15.0. The molecule has 0 spiro atoms. The van der Waals surface area contributed by atoms with E-state index >= 15 is 0 Å². The van der Waals surface area contributed by atoms with E-state index in [-0.39, 0.29) is 17.2 Å². The average molecular weight is 291 g/mol. The Morgan fingerprint density at radius 1 is 1.33 bits per heavy atom. The molecular weight excluding hydrogens is 274 g/mol. The number of hydrogen-bond acceptors (Lipinski definition) is 5. The zero-order valence-corrected chi connectivity index (χ0v) is 11.5. The second-order valence-corrected chi connectivity index (χ2v) is 5.66. The van der Waals surface area contributed by atoms with Gasteiger partial charge in [0.05, 0.1) is 4.92 Å². The number of benzene rings is 1. The first-order valence-corrected chi connectivity index (χ1v) is 7.07. The van der Waals surface area contributed by atoms with Crippen LogP contribution in [0.1, 0.15) is 29.6 Å². The van der Waals surface area contributed by atoms with Crippen LogP contribution in [0, 0.1) is 10.1 Å². The summed E-state index contributed by atoms with van der Waals surface area (Å²) < 4.78 is 0. The molecule has 1 aromatic carbocycles. The van der Waals surface area contributed by atoms with Crippen molar-refractivity contribution in [2.45, 2.75) is 31.3 Å². The number of piperidine rings is 1. The summed E-state index contributed by atoms with van der Waals surface area (Å²) in [5.74, 6) is -0.653. The fraction of sp³-hybridized carbons (Fsp3) is 0.500. The topological polar surface area (TPSA) is 95.7 Å². The Bertz CT molecular complexity index is 578. The number of fused-ring (bicyclic) bond motifs is 2. The van der Waals surface area contributed by atoms with Crippen molar-refractivity contribution < 1.29 is 14.8 Å². The number of carbonyl (C=O) groups excluding carboxylic acids is 1. The molecule has 2 atom stereocenters. The number of carbonyl (C=O) groups is 1. The first kappa shape index (κ1) is 13.8. The molecule has 1 aromatic rings. The van der Waals surface area contributed by atoms with Gasteiger partial charge in [-0.05, 0) is 25.0 Å². The maximum absolute atomic E-state index is 12.5. The van der Waals surface area contributed by atoms with Gasteiger partial charge < -0.3 is 15.3 Å². The second-order valence-electron chi connectivity index (χ2n) is 5.66. The number of nitro benzene ring substituents is 1. The van der Waals surface area contributed by atoms with Gasteiger partial charge >= 0.3 is 5.69 Å². The number of likely N-dealkylation sites (tertiary alicyclic amines) is 1. The van der Waals surface area contributed by atoms with Crippen molar-refractivity contribution in [1.29, 1.82) is 0 Å². The monoisotopic (exact) mass is 291 g/mol. The predicted molar refractivity (Wildman–Crippen MR) is 75.2 cm³/mol. The number of hydrogen-bond donors (Lipinski definition) is 2. The van der Waals surface area contributed by atoms with Crippen LogP contribution in [-0.4, -0.2) is 46.0 Å². The van der Waals surface area contributed by atoms with E-state index in [0.717, 1.165) is 12.8 Å². The fourth-order valence-corrected chi connectivity index (χ4v) is 3.16. The highest BCUT2D eigenvalue weighted by Crippen LogP contribution is 2.28. The molecule has 2 bridgehead atoms. The van der Waals surface area contributed by atoms with Crippen LogP contribution in [0.4, 0.5) is 5.69 Å². The largest absolute Gasteiger partial charge is 0.502 e. The lowest BCUT2D eigenvalue weighted by Gasteiger charge is -2.42. The van der Waals surface area contributed by atoms with E-state index < -0.39 is 10.7 Å². The molecule has 2 unspecified atom stereocenters. The number of nitro groups is 1. The summed E-state index contributed by atoms with van der Waals surface area (Å²) in [6, 6.07) is 4.41. The Balaban J connectivity index is 1.79. The van der Waals surface area contributed by atoms with Gasteiger partial charge in [0.2, 0.25) is 0 Å². The molecule has 2 aliphatic heterocycles. The van der Waals surface area contributed by atoms with Crippen LogP contribution < -0.4 is 5.32 Å². The molecule has 0 radical (unpaired) electrons. The van der Waals surface area contributed by atoms with Crippen molar-refractivity contribution in [1.82, 2.24) is 10.2 Å². The Kier molecular flexibility index (Phi) is 3.50. The summed E-state index contributed by atoms with van der Waals surface area (Å²) in [4.78, 5) is 24.3. The molecule has 2 saturated heterocycles. The van der Waals surface area contributed by atoms with Crippen molar-refractivity contribution in [3.8, 4) is 5.75 Å². The Morgan fingerprint density at radius 3 is 2.57 bits per heavy atom. The van der Waals surface area contributed by atoms with Crippen LogP contribution in [0.15, 0.2) is 18.2 Å². The lowest BCUT2D eigenvalue weighted by atomic mass is 9.94. The summed E-state index contributed by atoms with van der Waals surface area (Å²) in [6.45, 7) is 1.29. The van der Waals surface area contributed by atoms with Crippen LogP contribution >= 0.6 is 0 Å². The number of piperazine rings is 1. The van der Waals surface area contributed by atoms with Gasteiger partial charge in [-0.1, -0.05) is 6.42 Å². The summed E-state index contributed by atoms with van der Waals surface area (Å²) in [6.07, 6.45) is 3.31. The van der Waals surface area contributed by atoms with Gasteiger partial charge in [0, 0.05) is 36.8 Å². The lowest BCUT2D eigenvalue weighted by Crippen LogP contribution is -2.59. The highest BCUT2D eigenvalue weighted by atomic mass is 16.6. The van der Waals surface area contributed by atoms with Crippen molar-refractivity contribution in [3.63, 3.8) is 0 Å². The highest BCUT2D eigenvalue weighted by Gasteiger charge is 2.32. The smallest absolute Gasteiger partial charge is 0.310 e. The second kappa shape index (κ2) is 5.33. The minimum Gasteiger partial charge on any atom is -0.502 e. The minimum atomic E-state index is -0.668. The molecule has 2 aliphatic rings. The van der Waals surface area contributed by atoms with E-state index in [9.17, 15) is 20.0 Å². The number of phenolic OH excluding ortho intramolecular Hbond substituents is 1. The SMILES string of the molecule is O=C(c1ccc([N+](=O)[O-])c(O)c1)N1CC2CCCC(C1)N2. The number of rotatable bonds is 2. The quantitative estimate of drug-likeness (QED) is 0.632. The summed E-state index contributed by atoms with van der Waals surface area (Å²) >= 11 is 0. The van der Waals surface area contributed by atoms with Gasteiger partial charge in [-0.15, -0.1) is 0 Å². The molecule has 2 N–H and O–H groups in total. The van der Waals surface area contributed by atoms with Gasteiger partial charge in [0.1, 0.15) is 0 Å². The minimum absolute atomic E-state index is 0.182. The number of amides is 1. The normalized spacial score (nSPS) is 24.7. The molecule has 21 heavy (non-hydrogen) atoms. The molecule has 2 fully saturated rings. The standard InChI is InChI=1S/C14H17N3O4/c18-13-6-9(4-5-12(13)17(20)21)14(19)16-7-10-2-1-3-11(8-16)15-10/h4-6,10-11,15,18H,1-3,7-8H2. The number of phenols is 1. The van der Waals surface area contributed by atoms with E-state index in [1.165, 1.54) is 24.6 Å². The Labute approximate surface area is 121 Å². The molecule has 0 aliphatic carbocycles. The number of nitrogens with one attached hydrogen (secondary N) is 1. The fourth-order valence-electron chi connectivity index (χ4n) is 3.16. The van der Waals surface area contributed by atoms with Crippen molar-refractivity contribution >= 4 is 11.6 Å². The molecule has 112 valence electrons. The zero-order valence-electron chi connectivity index (χ0n) is 11.5. The van der Waals surface area contributed by atoms with E-state index in [1.54, 1.807) is 4.90 Å². The Morgan fingerprint density at radius 2 is 2.00 bits per heavy atom. The van der Waals surface area contributed by atoms with Crippen molar-refractivity contribution in [2.75, 3.05) is 13.1 Å². The summed E-state index contributed by atoms with van der Waals surface area (Å²) in [7, 11) is 0. The van der Waals surface area contributed by atoms with Gasteiger partial charge in [-0.25, -0.2) is 0 Å². The van der Waals surface area contributed by atoms with Crippen LogP contribution in [0.3, 0.4) is 0 Å². The van der Waals surface area contributed by atoms with Crippen molar-refractivity contribution in [2.24, 2.45) is 0 Å². The van der Waals surface area contributed by atoms with E-state index in [0.29, 0.717) is 25.2 Å². The molecule has 7 nitrogen and oxygen atoms in total. The first-order valence-electron chi connectivity index (χ1n) is 7.07. The van der Waals surface area contributed by atoms with Gasteiger partial charge in [-0.2, -0.15) is 0 Å².